The molecule has 3 aliphatic carbocycles. The topological polar surface area (TPSA) is 177 Å². The lowest BCUT2D eigenvalue weighted by Gasteiger charge is -2.48. The summed E-state index contributed by atoms with van der Waals surface area (Å²) in [4.78, 5) is 80.4. The van der Waals surface area contributed by atoms with Crippen molar-refractivity contribution in [3.63, 3.8) is 0 Å². The number of primary amides is 1. The van der Waals surface area contributed by atoms with Gasteiger partial charge in [0.25, 0.3) is 5.91 Å². The van der Waals surface area contributed by atoms with Crippen molar-refractivity contribution in [2.45, 2.75) is 118 Å². The molecule has 0 aromatic carbocycles. The van der Waals surface area contributed by atoms with Gasteiger partial charge in [0.05, 0.1) is 12.6 Å². The fourth-order valence-corrected chi connectivity index (χ4v) is 7.08. The lowest BCUT2D eigenvalue weighted by Crippen LogP contribution is -2.62. The van der Waals surface area contributed by atoms with Crippen molar-refractivity contribution in [3.8, 4) is 0 Å². The van der Waals surface area contributed by atoms with Crippen LogP contribution in [0.15, 0.2) is 0 Å². The van der Waals surface area contributed by atoms with Crippen LogP contribution in [0.3, 0.4) is 0 Å². The van der Waals surface area contributed by atoms with E-state index in [2.05, 4.69) is 29.8 Å². The zero-order valence-corrected chi connectivity index (χ0v) is 27.9. The van der Waals surface area contributed by atoms with Gasteiger partial charge in [-0.15, -0.1) is 0 Å². The number of ketones is 1. The first-order valence-electron chi connectivity index (χ1n) is 16.6. The van der Waals surface area contributed by atoms with E-state index >= 15 is 0 Å². The SMILES string of the molecule is CC(C)[C@H](NC(=O)N[C@H](C(=O)N1C[C@H]2[C@H](CC2(C)C)[C@H]1C(=O)NC(CC1CCC1)C(=O)C(N)=O)C(C)(C)C)C(=O)OCC1CC1. The van der Waals surface area contributed by atoms with Gasteiger partial charge in [-0.3, -0.25) is 19.2 Å². The van der Waals surface area contributed by atoms with Crippen LogP contribution in [-0.4, -0.2) is 77.7 Å². The van der Waals surface area contributed by atoms with Crippen LogP contribution in [-0.2, 0) is 28.7 Å². The Labute approximate surface area is 266 Å². The number of Topliss-reactive ketones (excluding diaryl/α,β-unsaturated/α-hetero) is 1. The average Bonchev–Trinajstić information content (AvgIpc) is 3.68. The third-order valence-corrected chi connectivity index (χ3v) is 10.4. The number of hydrogen-bond donors (Lipinski definition) is 4. The molecule has 4 fully saturated rings. The van der Waals surface area contributed by atoms with Crippen LogP contribution < -0.4 is 21.7 Å². The number of nitrogens with two attached hydrogens (primary N) is 1. The summed E-state index contributed by atoms with van der Waals surface area (Å²) >= 11 is 0. The lowest BCUT2D eigenvalue weighted by atomic mass is 9.55. The Kier molecular flexibility index (Phi) is 10.2. The van der Waals surface area contributed by atoms with Crippen molar-refractivity contribution in [1.82, 2.24) is 20.9 Å². The first-order chi connectivity index (χ1) is 20.9. The molecule has 0 aromatic heterocycles. The summed E-state index contributed by atoms with van der Waals surface area (Å²) in [7, 11) is 0. The second-order valence-electron chi connectivity index (χ2n) is 15.9. The quantitative estimate of drug-likeness (QED) is 0.178. The fraction of sp³-hybridized carbons (Fsp3) is 0.818. The Hall–Kier alpha value is -3.18. The Bertz CT molecular complexity index is 1190. The molecule has 0 spiro atoms. The highest BCUT2D eigenvalue weighted by atomic mass is 16.5. The minimum atomic E-state index is -1.10. The molecule has 0 aromatic rings. The van der Waals surface area contributed by atoms with Gasteiger partial charge in [-0.05, 0) is 66.1 Å². The second-order valence-corrected chi connectivity index (χ2v) is 15.9. The molecule has 5 N–H and O–H groups in total. The van der Waals surface area contributed by atoms with Crippen molar-refractivity contribution >= 4 is 35.5 Å². The minimum Gasteiger partial charge on any atom is -0.464 e. The van der Waals surface area contributed by atoms with E-state index in [-0.39, 0.29) is 29.1 Å². The van der Waals surface area contributed by atoms with E-state index in [4.69, 9.17) is 10.5 Å². The summed E-state index contributed by atoms with van der Waals surface area (Å²) in [5.41, 5.74) is 4.49. The van der Waals surface area contributed by atoms with E-state index in [1.54, 1.807) is 0 Å². The van der Waals surface area contributed by atoms with Gasteiger partial charge in [0, 0.05) is 6.54 Å². The number of likely N-dealkylation sites (tertiary alicyclic amines) is 1. The molecule has 4 rings (SSSR count). The highest BCUT2D eigenvalue weighted by Gasteiger charge is 2.61. The predicted molar refractivity (Wildman–Crippen MR) is 166 cm³/mol. The Balaban J connectivity index is 1.51. The summed E-state index contributed by atoms with van der Waals surface area (Å²) in [6, 6.07) is -4.50. The standard InChI is InChI=1S/C33H53N5O7/c1-17(2)23(30(43)45-16-19-11-12-19)36-31(44)37-26(32(3,4)5)29(42)38-15-21-20(14-33(21,6)7)24(38)28(41)35-22(25(39)27(34)40)13-18-9-8-10-18/h17-24,26H,8-16H2,1-7H3,(H2,34,40)(H,35,41)(H2,36,37,44)/t20-,21-,22?,23-,24-,26+/m0/s1. The molecular formula is C33H53N5O7. The molecule has 4 aliphatic rings. The summed E-state index contributed by atoms with van der Waals surface area (Å²) in [5, 5.41) is 8.30. The van der Waals surface area contributed by atoms with E-state index in [0.29, 0.717) is 31.9 Å². The van der Waals surface area contributed by atoms with Gasteiger partial charge in [0.2, 0.25) is 17.6 Å². The second kappa shape index (κ2) is 13.3. The Morgan fingerprint density at radius 2 is 1.60 bits per heavy atom. The number of hydrogen-bond acceptors (Lipinski definition) is 7. The number of rotatable bonds is 13. The molecule has 0 radical (unpaired) electrons. The third-order valence-electron chi connectivity index (χ3n) is 10.4. The molecule has 1 unspecified atom stereocenters. The Morgan fingerprint density at radius 3 is 2.09 bits per heavy atom. The maximum atomic E-state index is 14.3. The molecule has 0 bridgehead atoms. The van der Waals surface area contributed by atoms with Gasteiger partial charge in [-0.25, -0.2) is 9.59 Å². The number of carbonyl (C=O) groups excluding carboxylic acids is 6. The van der Waals surface area contributed by atoms with Crippen LogP contribution in [0, 0.1) is 40.4 Å². The fourth-order valence-electron chi connectivity index (χ4n) is 7.08. The number of amides is 5. The molecule has 1 saturated heterocycles. The van der Waals surface area contributed by atoms with E-state index in [1.165, 1.54) is 4.90 Å². The molecule has 12 heteroatoms. The molecule has 1 aliphatic heterocycles. The molecular weight excluding hydrogens is 578 g/mol. The lowest BCUT2D eigenvalue weighted by molar-refractivity contribution is -0.147. The Morgan fingerprint density at radius 1 is 0.956 bits per heavy atom. The molecule has 3 saturated carbocycles. The van der Waals surface area contributed by atoms with Crippen LogP contribution >= 0.6 is 0 Å². The summed E-state index contributed by atoms with van der Waals surface area (Å²) < 4.78 is 5.43. The van der Waals surface area contributed by atoms with Gasteiger partial charge in [0.1, 0.15) is 18.1 Å². The van der Waals surface area contributed by atoms with Crippen LogP contribution in [0.5, 0.6) is 0 Å². The number of urea groups is 1. The third kappa shape index (κ3) is 7.98. The monoisotopic (exact) mass is 631 g/mol. The van der Waals surface area contributed by atoms with Crippen LogP contribution in [0.1, 0.15) is 93.4 Å². The van der Waals surface area contributed by atoms with Crippen LogP contribution in [0.25, 0.3) is 0 Å². The molecule has 45 heavy (non-hydrogen) atoms. The molecule has 12 nitrogen and oxygen atoms in total. The largest absolute Gasteiger partial charge is 0.464 e. The molecule has 252 valence electrons. The number of carbonyl (C=O) groups is 6. The molecule has 1 heterocycles. The van der Waals surface area contributed by atoms with Crippen molar-refractivity contribution in [2.75, 3.05) is 13.2 Å². The predicted octanol–water partition coefficient (Wildman–Crippen LogP) is 2.28. The summed E-state index contributed by atoms with van der Waals surface area (Å²) in [5.74, 6) is -3.06. The van der Waals surface area contributed by atoms with Gasteiger partial charge in [0.15, 0.2) is 0 Å². The highest BCUT2D eigenvalue weighted by molar-refractivity contribution is 6.37. The van der Waals surface area contributed by atoms with E-state index in [9.17, 15) is 28.8 Å². The zero-order chi connectivity index (χ0) is 33.4. The van der Waals surface area contributed by atoms with Crippen molar-refractivity contribution in [1.29, 1.82) is 0 Å². The number of nitrogens with one attached hydrogen (secondary N) is 3. The molecule has 5 amide bonds. The number of nitrogens with zero attached hydrogens (tertiary/aromatic N) is 1. The van der Waals surface area contributed by atoms with Crippen molar-refractivity contribution in [3.05, 3.63) is 0 Å². The highest BCUT2D eigenvalue weighted by Crippen LogP contribution is 2.57. The summed E-state index contributed by atoms with van der Waals surface area (Å²) in [6.07, 6.45) is 5.97. The van der Waals surface area contributed by atoms with Crippen molar-refractivity contribution < 1.29 is 33.5 Å². The van der Waals surface area contributed by atoms with E-state index in [0.717, 1.165) is 32.1 Å². The van der Waals surface area contributed by atoms with Crippen LogP contribution in [0.2, 0.25) is 0 Å². The number of esters is 1. The van der Waals surface area contributed by atoms with Crippen LogP contribution in [0.4, 0.5) is 4.79 Å². The smallest absolute Gasteiger partial charge is 0.328 e. The maximum Gasteiger partial charge on any atom is 0.328 e. The van der Waals surface area contributed by atoms with E-state index in [1.807, 2.05) is 34.6 Å². The number of ether oxygens (including phenoxy) is 1. The maximum absolute atomic E-state index is 14.3. The summed E-state index contributed by atoms with van der Waals surface area (Å²) in [6.45, 7) is 13.9. The van der Waals surface area contributed by atoms with Gasteiger partial charge in [-0.2, -0.15) is 0 Å². The first-order valence-corrected chi connectivity index (χ1v) is 16.6. The molecule has 6 atom stereocenters. The zero-order valence-electron chi connectivity index (χ0n) is 27.9. The normalized spacial score (nSPS) is 26.0. The van der Waals surface area contributed by atoms with Gasteiger partial charge < -0.3 is 31.3 Å². The minimum absolute atomic E-state index is 0.0510. The van der Waals surface area contributed by atoms with Gasteiger partial charge in [-0.1, -0.05) is 67.7 Å². The van der Waals surface area contributed by atoms with E-state index < -0.39 is 65.1 Å². The number of fused-ring (bicyclic) bond motifs is 1. The average molecular weight is 632 g/mol. The first kappa shape index (κ1) is 34.7. The van der Waals surface area contributed by atoms with Gasteiger partial charge >= 0.3 is 12.0 Å². The van der Waals surface area contributed by atoms with Crippen molar-refractivity contribution in [2.24, 2.45) is 46.2 Å².